The second-order valence-corrected chi connectivity index (χ2v) is 4.94. The van der Waals surface area contributed by atoms with Crippen LogP contribution < -0.4 is 5.32 Å². The van der Waals surface area contributed by atoms with Gasteiger partial charge in [0.1, 0.15) is 5.70 Å². The van der Waals surface area contributed by atoms with E-state index >= 15 is 0 Å². The van der Waals surface area contributed by atoms with Crippen LogP contribution in [-0.2, 0) is 9.59 Å². The molecule has 2 amide bonds. The molecular formula is C13H11Cl2N3O2. The first-order chi connectivity index (χ1) is 9.40. The maximum Gasteiger partial charge on any atom is 0.296 e. The van der Waals surface area contributed by atoms with Crippen molar-refractivity contribution in [1.29, 1.82) is 0 Å². The number of carbonyl (C=O) groups is 2. The molecule has 0 fully saturated rings. The summed E-state index contributed by atoms with van der Waals surface area (Å²) in [5.41, 5.74) is 0.909. The molecule has 0 radical (unpaired) electrons. The first-order valence-electron chi connectivity index (χ1n) is 5.70. The van der Waals surface area contributed by atoms with Gasteiger partial charge in [0.15, 0.2) is 0 Å². The monoisotopic (exact) mass is 311 g/mol. The van der Waals surface area contributed by atoms with E-state index in [1.165, 1.54) is 11.8 Å². The van der Waals surface area contributed by atoms with Crippen molar-refractivity contribution in [2.75, 3.05) is 7.05 Å². The molecule has 0 atom stereocenters. The third-order valence-corrected chi connectivity index (χ3v) is 3.50. The molecule has 0 saturated carbocycles. The van der Waals surface area contributed by atoms with E-state index in [0.29, 0.717) is 21.3 Å². The summed E-state index contributed by atoms with van der Waals surface area (Å²) in [7, 11) is 1.63. The van der Waals surface area contributed by atoms with Crippen LogP contribution in [0.1, 0.15) is 12.5 Å². The normalized spacial score (nSPS) is 16.6. The topological polar surface area (TPSA) is 61.8 Å². The summed E-state index contributed by atoms with van der Waals surface area (Å²) in [5, 5.41) is 3.24. The highest BCUT2D eigenvalue weighted by Crippen LogP contribution is 2.28. The zero-order valence-corrected chi connectivity index (χ0v) is 12.3. The maximum absolute atomic E-state index is 11.9. The highest BCUT2D eigenvalue weighted by molar-refractivity contribution is 6.43. The molecule has 7 heteroatoms. The summed E-state index contributed by atoms with van der Waals surface area (Å²) in [6, 6.07) is 5.12. The van der Waals surface area contributed by atoms with Crippen LogP contribution in [0.15, 0.2) is 28.9 Å². The molecule has 1 N–H and O–H groups in total. The van der Waals surface area contributed by atoms with Crippen LogP contribution in [0.2, 0.25) is 10.0 Å². The quantitative estimate of drug-likeness (QED) is 0.809. The van der Waals surface area contributed by atoms with E-state index in [1.807, 2.05) is 0 Å². The van der Waals surface area contributed by atoms with Gasteiger partial charge in [-0.3, -0.25) is 14.9 Å². The predicted octanol–water partition coefficient (Wildman–Crippen LogP) is 2.30. The van der Waals surface area contributed by atoms with Gasteiger partial charge in [-0.05, 0) is 17.7 Å². The van der Waals surface area contributed by atoms with E-state index in [1.54, 1.807) is 31.3 Å². The van der Waals surface area contributed by atoms with E-state index in [2.05, 4.69) is 10.3 Å². The number of guanidine groups is 1. The largest absolute Gasteiger partial charge is 0.310 e. The third-order valence-electron chi connectivity index (χ3n) is 2.67. The Morgan fingerprint density at radius 1 is 1.40 bits per heavy atom. The van der Waals surface area contributed by atoms with Crippen molar-refractivity contribution >= 4 is 47.1 Å². The van der Waals surface area contributed by atoms with Crippen LogP contribution in [0.25, 0.3) is 6.08 Å². The molecule has 0 aliphatic carbocycles. The van der Waals surface area contributed by atoms with E-state index in [4.69, 9.17) is 23.2 Å². The van der Waals surface area contributed by atoms with Gasteiger partial charge in [-0.25, -0.2) is 0 Å². The Hall–Kier alpha value is -1.85. The molecule has 1 aromatic rings. The zero-order valence-electron chi connectivity index (χ0n) is 10.8. The number of aliphatic imine (C=N–C) groups is 1. The van der Waals surface area contributed by atoms with Crippen LogP contribution in [0, 0.1) is 0 Å². The van der Waals surface area contributed by atoms with E-state index in [9.17, 15) is 9.59 Å². The molecule has 0 bridgehead atoms. The number of nitrogens with one attached hydrogen (secondary N) is 1. The number of carbonyl (C=O) groups excluding carboxylic acids is 2. The second kappa shape index (κ2) is 5.64. The lowest BCUT2D eigenvalue weighted by molar-refractivity contribution is -0.117. The van der Waals surface area contributed by atoms with Gasteiger partial charge >= 0.3 is 0 Å². The molecule has 1 aliphatic heterocycles. The second-order valence-electron chi connectivity index (χ2n) is 4.15. The lowest BCUT2D eigenvalue weighted by Crippen LogP contribution is -2.37. The molecule has 0 unspecified atom stereocenters. The van der Waals surface area contributed by atoms with Gasteiger partial charge in [-0.2, -0.15) is 4.99 Å². The Morgan fingerprint density at radius 2 is 2.10 bits per heavy atom. The minimum Gasteiger partial charge on any atom is -0.310 e. The molecule has 104 valence electrons. The molecule has 0 aromatic heterocycles. The van der Waals surface area contributed by atoms with Gasteiger partial charge in [0, 0.05) is 14.0 Å². The van der Waals surface area contributed by atoms with Crippen molar-refractivity contribution in [3.63, 3.8) is 0 Å². The van der Waals surface area contributed by atoms with Crippen LogP contribution >= 0.6 is 23.2 Å². The van der Waals surface area contributed by atoms with Gasteiger partial charge < -0.3 is 4.90 Å². The van der Waals surface area contributed by atoms with E-state index in [0.717, 1.165) is 0 Å². The molecule has 2 rings (SSSR count). The number of rotatable bonds is 1. The molecule has 1 aliphatic rings. The predicted molar refractivity (Wildman–Crippen MR) is 78.5 cm³/mol. The Bertz CT molecular complexity index is 653. The minimum atomic E-state index is -0.452. The first-order valence-corrected chi connectivity index (χ1v) is 6.46. The summed E-state index contributed by atoms with van der Waals surface area (Å²) in [5.74, 6) is -0.565. The lowest BCUT2D eigenvalue weighted by atomic mass is 10.2. The Labute approximate surface area is 125 Å². The fourth-order valence-corrected chi connectivity index (χ4v) is 2.06. The Morgan fingerprint density at radius 3 is 2.75 bits per heavy atom. The number of halogens is 2. The van der Waals surface area contributed by atoms with Crippen LogP contribution in [0.5, 0.6) is 0 Å². The van der Waals surface area contributed by atoms with Crippen LogP contribution in [0.4, 0.5) is 0 Å². The molecule has 0 saturated heterocycles. The number of amides is 2. The fourth-order valence-electron chi connectivity index (χ4n) is 1.69. The van der Waals surface area contributed by atoms with Crippen molar-refractivity contribution < 1.29 is 9.59 Å². The average molecular weight is 312 g/mol. The first kappa shape index (κ1) is 14.6. The lowest BCUT2D eigenvalue weighted by Gasteiger charge is -2.15. The SMILES string of the molecule is CC(=O)NC1=NC(=O)C(=Cc2cccc(Cl)c2Cl)N1C. The third kappa shape index (κ3) is 2.84. The standard InChI is InChI=1S/C13H11Cl2N3O2/c1-7(19)16-13-17-12(20)10(18(13)2)6-8-4-3-5-9(14)11(8)15/h3-6H,1-2H3,(H,16,17,19,20). The summed E-state index contributed by atoms with van der Waals surface area (Å²) >= 11 is 12.0. The van der Waals surface area contributed by atoms with Gasteiger partial charge in [0.05, 0.1) is 10.0 Å². The van der Waals surface area contributed by atoms with Crippen molar-refractivity contribution in [2.24, 2.45) is 4.99 Å². The van der Waals surface area contributed by atoms with Crippen molar-refractivity contribution in [2.45, 2.75) is 6.92 Å². The molecular weight excluding hydrogens is 301 g/mol. The fraction of sp³-hybridized carbons (Fsp3) is 0.154. The van der Waals surface area contributed by atoms with Gasteiger partial charge in [0.2, 0.25) is 11.9 Å². The highest BCUT2D eigenvalue weighted by Gasteiger charge is 2.27. The summed E-state index contributed by atoms with van der Waals surface area (Å²) in [4.78, 5) is 28.1. The van der Waals surface area contributed by atoms with Crippen LogP contribution in [0.3, 0.4) is 0 Å². The van der Waals surface area contributed by atoms with Crippen molar-refractivity contribution in [3.8, 4) is 0 Å². The van der Waals surface area contributed by atoms with E-state index in [-0.39, 0.29) is 11.9 Å². The molecule has 5 nitrogen and oxygen atoms in total. The van der Waals surface area contributed by atoms with Gasteiger partial charge in [-0.1, -0.05) is 35.3 Å². The molecule has 1 heterocycles. The summed E-state index contributed by atoms with van der Waals surface area (Å²) < 4.78 is 0. The summed E-state index contributed by atoms with van der Waals surface area (Å²) in [6.07, 6.45) is 1.58. The molecule has 20 heavy (non-hydrogen) atoms. The molecule has 0 spiro atoms. The summed E-state index contributed by atoms with van der Waals surface area (Å²) in [6.45, 7) is 1.34. The van der Waals surface area contributed by atoms with Crippen LogP contribution in [-0.4, -0.2) is 29.7 Å². The van der Waals surface area contributed by atoms with Gasteiger partial charge in [-0.15, -0.1) is 0 Å². The average Bonchev–Trinajstić information content (AvgIpc) is 2.62. The highest BCUT2D eigenvalue weighted by atomic mass is 35.5. The number of benzene rings is 1. The smallest absolute Gasteiger partial charge is 0.296 e. The van der Waals surface area contributed by atoms with Gasteiger partial charge in [0.25, 0.3) is 5.91 Å². The van der Waals surface area contributed by atoms with Crippen molar-refractivity contribution in [1.82, 2.24) is 10.2 Å². The molecule has 1 aromatic carbocycles. The van der Waals surface area contributed by atoms with Crippen molar-refractivity contribution in [3.05, 3.63) is 39.5 Å². The maximum atomic E-state index is 11.9. The number of likely N-dealkylation sites (N-methyl/N-ethyl adjacent to an activating group) is 1. The minimum absolute atomic E-state index is 0.187. The van der Waals surface area contributed by atoms with E-state index < -0.39 is 5.91 Å². The number of hydrogen-bond donors (Lipinski definition) is 1. The number of nitrogens with zero attached hydrogens (tertiary/aromatic N) is 2. The Kier molecular flexibility index (Phi) is 4.11. The Balaban J connectivity index is 2.35. The number of hydrogen-bond acceptors (Lipinski definition) is 3. The zero-order chi connectivity index (χ0) is 14.9.